The predicted molar refractivity (Wildman–Crippen MR) is 153 cm³/mol. The number of carboxylic acids is 2. The van der Waals surface area contributed by atoms with E-state index in [2.05, 4.69) is 16.8 Å². The lowest BCUT2D eigenvalue weighted by atomic mass is 9.85. The van der Waals surface area contributed by atoms with Gasteiger partial charge in [-0.05, 0) is 68.9 Å². The van der Waals surface area contributed by atoms with Gasteiger partial charge >= 0.3 is 11.9 Å². The van der Waals surface area contributed by atoms with Crippen molar-refractivity contribution in [1.82, 2.24) is 0 Å². The Morgan fingerprint density at radius 2 is 1.61 bits per heavy atom. The van der Waals surface area contributed by atoms with Gasteiger partial charge in [0.1, 0.15) is 18.0 Å². The maximum absolute atomic E-state index is 13.6. The van der Waals surface area contributed by atoms with Crippen molar-refractivity contribution in [3.8, 4) is 11.8 Å². The number of benzene rings is 1. The first-order chi connectivity index (χ1) is 19.4. The molecular formula is C29H45FN4O7. The van der Waals surface area contributed by atoms with Crippen LogP contribution in [0, 0.1) is 29.5 Å². The third-order valence-electron chi connectivity index (χ3n) is 7.01. The summed E-state index contributed by atoms with van der Waals surface area (Å²) in [7, 11) is 0. The minimum absolute atomic E-state index is 0.0129. The fraction of sp³-hybridized carbons (Fsp3) is 0.621. The molecule has 6 atom stereocenters. The number of rotatable bonds is 15. The molecule has 0 saturated heterocycles. The zero-order valence-electron chi connectivity index (χ0n) is 23.4. The SMILES string of the molecule is NC(N)=NCCC[C@H](N)C(=O)O.O=C(O)CCCCCC[C@@H]1[C@@H](CC[C@@H](O)C#Cc2ccccc2F)[C@H](O)C[C@@H]1O. The van der Waals surface area contributed by atoms with Crippen LogP contribution in [0.1, 0.15) is 76.2 Å². The summed E-state index contributed by atoms with van der Waals surface area (Å²) in [5.41, 5.74) is 15.6. The molecule has 1 aliphatic rings. The third kappa shape index (κ3) is 15.4. The molecule has 0 heterocycles. The fourth-order valence-corrected chi connectivity index (χ4v) is 4.78. The average molecular weight is 581 g/mol. The fourth-order valence-electron chi connectivity index (χ4n) is 4.78. The van der Waals surface area contributed by atoms with E-state index in [1.165, 1.54) is 6.07 Å². The molecule has 230 valence electrons. The number of aliphatic carboxylic acids is 2. The van der Waals surface area contributed by atoms with Crippen LogP contribution >= 0.6 is 0 Å². The van der Waals surface area contributed by atoms with Crippen LogP contribution in [-0.2, 0) is 9.59 Å². The highest BCUT2D eigenvalue weighted by Crippen LogP contribution is 2.39. The standard InChI is InChI=1S/C23H31FO5.C6H14N4O2/c24-20-9-6-5-7-16(20)11-12-17(25)13-14-19-18(21(26)15-22(19)27)8-3-1-2-4-10-23(28)29;7-4(5(11)12)2-1-3-10-6(8)9/h5-7,9,17-19,21-22,25-27H,1-4,8,10,13-15H2,(H,28,29);4H,1-3,7H2,(H,11,12)(H4,8,9,10)/t17-,18+,19+,21-,22+;4-/m00/s1. The number of guanidine groups is 1. The van der Waals surface area contributed by atoms with Gasteiger partial charge in [-0.25, -0.2) is 4.39 Å². The van der Waals surface area contributed by atoms with E-state index in [1.54, 1.807) is 18.2 Å². The topological polar surface area (TPSA) is 226 Å². The minimum atomic E-state index is -1.00. The molecule has 0 aromatic heterocycles. The summed E-state index contributed by atoms with van der Waals surface area (Å²) in [5, 5.41) is 47.7. The summed E-state index contributed by atoms with van der Waals surface area (Å²) in [6.07, 6.45) is 4.32. The van der Waals surface area contributed by atoms with Crippen molar-refractivity contribution in [3.63, 3.8) is 0 Å². The highest BCUT2D eigenvalue weighted by Gasteiger charge is 2.40. The van der Waals surface area contributed by atoms with Gasteiger partial charge in [0.05, 0.1) is 17.8 Å². The van der Waals surface area contributed by atoms with Gasteiger partial charge in [-0.1, -0.05) is 43.2 Å². The second-order valence-electron chi connectivity index (χ2n) is 10.3. The molecule has 0 unspecified atom stereocenters. The zero-order chi connectivity index (χ0) is 30.8. The Morgan fingerprint density at radius 1 is 0.976 bits per heavy atom. The lowest BCUT2D eigenvalue weighted by molar-refractivity contribution is -0.139. The van der Waals surface area contributed by atoms with Crippen molar-refractivity contribution in [2.45, 2.75) is 95.0 Å². The van der Waals surface area contributed by atoms with E-state index in [1.807, 2.05) is 0 Å². The van der Waals surface area contributed by atoms with Crippen LogP contribution in [0.4, 0.5) is 4.39 Å². The molecule has 11 N–H and O–H groups in total. The summed E-state index contributed by atoms with van der Waals surface area (Å²) >= 11 is 0. The minimum Gasteiger partial charge on any atom is -0.481 e. The average Bonchev–Trinajstić information content (AvgIpc) is 3.18. The van der Waals surface area contributed by atoms with Gasteiger partial charge in [-0.2, -0.15) is 0 Å². The van der Waals surface area contributed by atoms with Crippen molar-refractivity contribution in [3.05, 3.63) is 35.6 Å². The Kier molecular flexibility index (Phi) is 17.3. The van der Waals surface area contributed by atoms with Gasteiger partial charge in [-0.3, -0.25) is 14.6 Å². The molecule has 1 fully saturated rings. The lowest BCUT2D eigenvalue weighted by Gasteiger charge is -2.24. The first-order valence-corrected chi connectivity index (χ1v) is 14.0. The number of carboxylic acid groups (broad SMARTS) is 2. The van der Waals surface area contributed by atoms with E-state index in [9.17, 15) is 29.3 Å². The Hall–Kier alpha value is -3.24. The maximum Gasteiger partial charge on any atom is 0.320 e. The number of nitrogens with zero attached hydrogens (tertiary/aromatic N) is 1. The molecule has 11 nitrogen and oxygen atoms in total. The molecular weight excluding hydrogens is 535 g/mol. The zero-order valence-corrected chi connectivity index (χ0v) is 23.4. The Balaban J connectivity index is 0.000000590. The Bertz CT molecular complexity index is 1030. The van der Waals surface area contributed by atoms with Crippen molar-refractivity contribution >= 4 is 17.9 Å². The molecule has 0 radical (unpaired) electrons. The quantitative estimate of drug-likeness (QED) is 0.0646. The highest BCUT2D eigenvalue weighted by molar-refractivity contribution is 5.75. The molecule has 2 rings (SSSR count). The van der Waals surface area contributed by atoms with Crippen LogP contribution in [0.25, 0.3) is 0 Å². The number of hydrogen-bond acceptors (Lipinski definition) is 7. The van der Waals surface area contributed by atoms with Crippen LogP contribution in [0.15, 0.2) is 29.3 Å². The highest BCUT2D eigenvalue weighted by atomic mass is 19.1. The number of nitrogens with two attached hydrogens (primary N) is 3. The van der Waals surface area contributed by atoms with E-state index in [0.29, 0.717) is 45.1 Å². The molecule has 0 amide bonds. The van der Waals surface area contributed by atoms with Crippen LogP contribution in [0.2, 0.25) is 0 Å². The Morgan fingerprint density at radius 3 is 2.22 bits per heavy atom. The van der Waals surface area contributed by atoms with E-state index in [-0.39, 0.29) is 29.8 Å². The van der Waals surface area contributed by atoms with E-state index in [4.69, 9.17) is 27.4 Å². The number of hydrogen-bond donors (Lipinski definition) is 8. The van der Waals surface area contributed by atoms with Crippen LogP contribution < -0.4 is 17.2 Å². The van der Waals surface area contributed by atoms with Crippen LogP contribution in [-0.4, -0.2) is 74.3 Å². The normalized spacial score (nSPS) is 21.0. The van der Waals surface area contributed by atoms with Crippen LogP contribution in [0.3, 0.4) is 0 Å². The lowest BCUT2D eigenvalue weighted by Crippen LogP contribution is -2.30. The smallest absolute Gasteiger partial charge is 0.320 e. The monoisotopic (exact) mass is 580 g/mol. The van der Waals surface area contributed by atoms with E-state index < -0.39 is 42.1 Å². The number of halogens is 1. The molecule has 1 saturated carbocycles. The number of aliphatic hydroxyl groups is 3. The van der Waals surface area contributed by atoms with Crippen molar-refractivity contribution in [2.24, 2.45) is 34.0 Å². The first kappa shape index (κ1) is 35.8. The number of carbonyl (C=O) groups is 2. The van der Waals surface area contributed by atoms with Gasteiger partial charge in [0.2, 0.25) is 0 Å². The van der Waals surface area contributed by atoms with Gasteiger partial charge in [-0.15, -0.1) is 0 Å². The third-order valence-corrected chi connectivity index (χ3v) is 7.01. The second kappa shape index (κ2) is 19.8. The molecule has 0 aliphatic heterocycles. The van der Waals surface area contributed by atoms with Crippen molar-refractivity contribution < 1.29 is 39.5 Å². The van der Waals surface area contributed by atoms with Gasteiger partial charge < -0.3 is 42.7 Å². The molecule has 12 heteroatoms. The number of unbranched alkanes of at least 4 members (excludes halogenated alkanes) is 3. The van der Waals surface area contributed by atoms with Gasteiger partial charge in [0.25, 0.3) is 0 Å². The summed E-state index contributed by atoms with van der Waals surface area (Å²) < 4.78 is 13.6. The largest absolute Gasteiger partial charge is 0.481 e. The van der Waals surface area contributed by atoms with Crippen molar-refractivity contribution in [1.29, 1.82) is 0 Å². The summed E-state index contributed by atoms with van der Waals surface area (Å²) in [6.45, 7) is 0.420. The molecule has 1 aromatic rings. The summed E-state index contributed by atoms with van der Waals surface area (Å²) in [4.78, 5) is 24.4. The molecule has 41 heavy (non-hydrogen) atoms. The van der Waals surface area contributed by atoms with E-state index >= 15 is 0 Å². The first-order valence-electron chi connectivity index (χ1n) is 14.0. The maximum atomic E-state index is 13.6. The summed E-state index contributed by atoms with van der Waals surface area (Å²) in [5.74, 6) is 2.98. The van der Waals surface area contributed by atoms with Crippen molar-refractivity contribution in [2.75, 3.05) is 6.54 Å². The van der Waals surface area contributed by atoms with E-state index in [0.717, 1.165) is 25.7 Å². The molecule has 0 spiro atoms. The second-order valence-corrected chi connectivity index (χ2v) is 10.3. The van der Waals surface area contributed by atoms with Crippen LogP contribution in [0.5, 0.6) is 0 Å². The van der Waals surface area contributed by atoms with Gasteiger partial charge in [0, 0.05) is 13.0 Å². The Labute approximate surface area is 240 Å². The summed E-state index contributed by atoms with van der Waals surface area (Å²) in [6, 6.07) is 5.31. The predicted octanol–water partition coefficient (Wildman–Crippen LogP) is 1.55. The molecule has 1 aliphatic carbocycles. The molecule has 0 bridgehead atoms. The number of aliphatic hydroxyl groups excluding tert-OH is 3. The number of aliphatic imine (C=N–C) groups is 1. The van der Waals surface area contributed by atoms with Gasteiger partial charge in [0.15, 0.2) is 5.96 Å². The molecule has 1 aromatic carbocycles.